The lowest BCUT2D eigenvalue weighted by Gasteiger charge is -2.33. The van der Waals surface area contributed by atoms with E-state index in [0.717, 1.165) is 22.1 Å². The molecular formula is C21H21Cl2N3O3S2. The van der Waals surface area contributed by atoms with Crippen molar-refractivity contribution in [1.82, 2.24) is 9.29 Å². The fraction of sp³-hybridized carbons (Fsp3) is 0.286. The van der Waals surface area contributed by atoms with Crippen LogP contribution in [-0.2, 0) is 10.0 Å². The van der Waals surface area contributed by atoms with Gasteiger partial charge in [-0.2, -0.15) is 4.31 Å². The first-order valence-corrected chi connectivity index (χ1v) is 12.8. The third-order valence-corrected chi connectivity index (χ3v) is 8.15. The molecule has 1 fully saturated rings. The molecule has 0 spiro atoms. The minimum absolute atomic E-state index is 0.116. The van der Waals surface area contributed by atoms with Gasteiger partial charge < -0.3 is 9.64 Å². The van der Waals surface area contributed by atoms with Gasteiger partial charge in [-0.05, 0) is 49.4 Å². The molecule has 2 heterocycles. The molecule has 0 saturated carbocycles. The maximum absolute atomic E-state index is 13.0. The van der Waals surface area contributed by atoms with E-state index in [-0.39, 0.29) is 4.90 Å². The number of piperazine rings is 1. The molecule has 3 aromatic rings. The smallest absolute Gasteiger partial charge is 0.243 e. The van der Waals surface area contributed by atoms with Gasteiger partial charge in [0, 0.05) is 47.2 Å². The largest absolute Gasteiger partial charge is 0.494 e. The van der Waals surface area contributed by atoms with Crippen molar-refractivity contribution in [2.75, 3.05) is 37.7 Å². The predicted octanol–water partition coefficient (Wildman–Crippen LogP) is 5.03. The Hall–Kier alpha value is -1.84. The van der Waals surface area contributed by atoms with Crippen LogP contribution in [0.2, 0.25) is 10.0 Å². The first-order valence-electron chi connectivity index (χ1n) is 9.77. The van der Waals surface area contributed by atoms with Gasteiger partial charge in [0.25, 0.3) is 0 Å². The number of sulfonamides is 1. The standard InChI is InChI=1S/C21H21Cl2N3O3S2/c1-2-29-18-5-3-15(4-6-18)20-14-30-21(24-20)25-7-9-26(10-8-25)31(27,28)19-12-16(22)11-17(23)13-19/h3-6,11-14H,2,7-10H2,1H3. The van der Waals surface area contributed by atoms with Crippen LogP contribution in [0.3, 0.4) is 0 Å². The van der Waals surface area contributed by atoms with Crippen molar-refractivity contribution >= 4 is 49.7 Å². The molecule has 164 valence electrons. The summed E-state index contributed by atoms with van der Waals surface area (Å²) >= 11 is 13.5. The number of rotatable bonds is 6. The van der Waals surface area contributed by atoms with E-state index in [0.29, 0.717) is 42.8 Å². The maximum Gasteiger partial charge on any atom is 0.243 e. The second kappa shape index (κ2) is 9.34. The summed E-state index contributed by atoms with van der Waals surface area (Å²) in [4.78, 5) is 6.98. The van der Waals surface area contributed by atoms with Crippen LogP contribution in [-0.4, -0.2) is 50.5 Å². The number of hydrogen-bond acceptors (Lipinski definition) is 6. The first-order chi connectivity index (χ1) is 14.9. The topological polar surface area (TPSA) is 62.7 Å². The lowest BCUT2D eigenvalue weighted by atomic mass is 10.2. The molecule has 0 unspecified atom stereocenters. The number of halogens is 2. The molecule has 0 bridgehead atoms. The first kappa shape index (κ1) is 22.4. The summed E-state index contributed by atoms with van der Waals surface area (Å²) in [6.45, 7) is 4.43. The summed E-state index contributed by atoms with van der Waals surface area (Å²) < 4.78 is 32.9. The van der Waals surface area contributed by atoms with Crippen molar-refractivity contribution in [3.8, 4) is 17.0 Å². The summed E-state index contributed by atoms with van der Waals surface area (Å²) in [5, 5.41) is 3.50. The average Bonchev–Trinajstić information content (AvgIpc) is 3.24. The number of thiazole rings is 1. The van der Waals surface area contributed by atoms with Gasteiger partial charge in [-0.1, -0.05) is 23.2 Å². The van der Waals surface area contributed by atoms with Crippen molar-refractivity contribution in [2.24, 2.45) is 0 Å². The lowest BCUT2D eigenvalue weighted by Crippen LogP contribution is -2.48. The van der Waals surface area contributed by atoms with Crippen LogP contribution < -0.4 is 9.64 Å². The summed E-state index contributed by atoms with van der Waals surface area (Å²) in [6.07, 6.45) is 0. The van der Waals surface area contributed by atoms with Crippen molar-refractivity contribution in [3.63, 3.8) is 0 Å². The van der Waals surface area contributed by atoms with E-state index >= 15 is 0 Å². The van der Waals surface area contributed by atoms with E-state index in [2.05, 4.69) is 4.90 Å². The van der Waals surface area contributed by atoms with Gasteiger partial charge in [0.15, 0.2) is 5.13 Å². The zero-order valence-electron chi connectivity index (χ0n) is 16.8. The highest BCUT2D eigenvalue weighted by atomic mass is 35.5. The Labute approximate surface area is 196 Å². The Morgan fingerprint density at radius 2 is 1.68 bits per heavy atom. The van der Waals surface area contributed by atoms with Crippen molar-refractivity contribution in [1.29, 1.82) is 0 Å². The molecule has 1 saturated heterocycles. The normalized spacial score (nSPS) is 15.3. The molecule has 0 radical (unpaired) electrons. The van der Waals surface area contributed by atoms with Crippen LogP contribution >= 0.6 is 34.5 Å². The Balaban J connectivity index is 1.43. The van der Waals surface area contributed by atoms with E-state index < -0.39 is 10.0 Å². The van der Waals surface area contributed by atoms with E-state index in [9.17, 15) is 8.42 Å². The van der Waals surface area contributed by atoms with Crippen LogP contribution in [0, 0.1) is 0 Å². The molecule has 0 aliphatic carbocycles. The Kier molecular flexibility index (Phi) is 6.74. The molecule has 0 amide bonds. The minimum atomic E-state index is -3.65. The summed E-state index contributed by atoms with van der Waals surface area (Å²) in [5.74, 6) is 0.833. The Morgan fingerprint density at radius 3 is 2.29 bits per heavy atom. The van der Waals surface area contributed by atoms with Crippen LogP contribution in [0.25, 0.3) is 11.3 Å². The van der Waals surface area contributed by atoms with E-state index in [1.807, 2.05) is 36.6 Å². The Morgan fingerprint density at radius 1 is 1.03 bits per heavy atom. The molecular weight excluding hydrogens is 477 g/mol. The number of benzene rings is 2. The Bertz CT molecular complexity index is 1140. The molecule has 1 aliphatic heterocycles. The highest BCUT2D eigenvalue weighted by Gasteiger charge is 2.30. The van der Waals surface area contributed by atoms with Gasteiger partial charge in [0.05, 0.1) is 17.2 Å². The highest BCUT2D eigenvalue weighted by molar-refractivity contribution is 7.89. The number of aromatic nitrogens is 1. The van der Waals surface area contributed by atoms with Gasteiger partial charge >= 0.3 is 0 Å². The SMILES string of the molecule is CCOc1ccc(-c2csc(N3CCN(S(=O)(=O)c4cc(Cl)cc(Cl)c4)CC3)n2)cc1. The second-order valence-corrected chi connectivity index (χ2v) is 10.6. The molecule has 10 heteroatoms. The molecule has 1 aliphatic rings. The third-order valence-electron chi connectivity index (χ3n) is 4.94. The van der Waals surface area contributed by atoms with Crippen LogP contribution in [0.5, 0.6) is 5.75 Å². The fourth-order valence-corrected chi connectivity index (χ4v) is 6.41. The van der Waals surface area contributed by atoms with Gasteiger partial charge in [0.2, 0.25) is 10.0 Å². The third kappa shape index (κ3) is 4.99. The number of anilines is 1. The van der Waals surface area contributed by atoms with Crippen LogP contribution in [0.4, 0.5) is 5.13 Å². The second-order valence-electron chi connectivity index (χ2n) is 6.97. The zero-order chi connectivity index (χ0) is 22.0. The van der Waals surface area contributed by atoms with Gasteiger partial charge in [-0.3, -0.25) is 0 Å². The molecule has 6 nitrogen and oxygen atoms in total. The lowest BCUT2D eigenvalue weighted by molar-refractivity contribution is 0.340. The van der Waals surface area contributed by atoms with Crippen molar-refractivity contribution in [3.05, 3.63) is 57.9 Å². The van der Waals surface area contributed by atoms with Gasteiger partial charge in [-0.15, -0.1) is 11.3 Å². The van der Waals surface area contributed by atoms with Crippen LogP contribution in [0.1, 0.15) is 6.92 Å². The van der Waals surface area contributed by atoms with Gasteiger partial charge in [0.1, 0.15) is 5.75 Å². The molecule has 0 N–H and O–H groups in total. The molecule has 2 aromatic carbocycles. The fourth-order valence-electron chi connectivity index (χ4n) is 3.38. The average molecular weight is 498 g/mol. The molecule has 31 heavy (non-hydrogen) atoms. The zero-order valence-corrected chi connectivity index (χ0v) is 19.9. The predicted molar refractivity (Wildman–Crippen MR) is 126 cm³/mol. The van der Waals surface area contributed by atoms with E-state index in [1.54, 1.807) is 11.3 Å². The van der Waals surface area contributed by atoms with E-state index in [4.69, 9.17) is 32.9 Å². The number of hydrogen-bond donors (Lipinski definition) is 0. The monoisotopic (exact) mass is 497 g/mol. The summed E-state index contributed by atoms with van der Waals surface area (Å²) in [5.41, 5.74) is 1.91. The van der Waals surface area contributed by atoms with E-state index in [1.165, 1.54) is 22.5 Å². The van der Waals surface area contributed by atoms with Crippen molar-refractivity contribution < 1.29 is 13.2 Å². The highest BCUT2D eigenvalue weighted by Crippen LogP contribution is 2.30. The minimum Gasteiger partial charge on any atom is -0.494 e. The maximum atomic E-state index is 13.0. The molecule has 0 atom stereocenters. The number of nitrogens with zero attached hydrogens (tertiary/aromatic N) is 3. The van der Waals surface area contributed by atoms with Crippen molar-refractivity contribution in [2.45, 2.75) is 11.8 Å². The summed E-state index contributed by atoms with van der Waals surface area (Å²) in [6, 6.07) is 12.2. The molecule has 4 rings (SSSR count). The molecule has 1 aromatic heterocycles. The quantitative estimate of drug-likeness (QED) is 0.477. The number of ether oxygens (including phenoxy) is 1. The van der Waals surface area contributed by atoms with Crippen LogP contribution in [0.15, 0.2) is 52.7 Å². The van der Waals surface area contributed by atoms with Gasteiger partial charge in [-0.25, -0.2) is 13.4 Å². The summed E-state index contributed by atoms with van der Waals surface area (Å²) in [7, 11) is -3.65.